The molecule has 6 nitrogen and oxygen atoms in total. The van der Waals surface area contributed by atoms with Crippen LogP contribution in [-0.2, 0) is 32.3 Å². The zero-order valence-electron chi connectivity index (χ0n) is 21.4. The quantitative estimate of drug-likeness (QED) is 0.180. The third-order valence-corrected chi connectivity index (χ3v) is 5.44. The van der Waals surface area contributed by atoms with Crippen LogP contribution in [0, 0.1) is 5.82 Å². The molecule has 0 saturated heterocycles. The summed E-state index contributed by atoms with van der Waals surface area (Å²) in [5.74, 6) is -0.846. The molecule has 0 fully saturated rings. The van der Waals surface area contributed by atoms with E-state index in [1.54, 1.807) is 62.4 Å². The molecule has 0 aliphatic heterocycles. The smallest absolute Gasteiger partial charge is 0.338 e. The van der Waals surface area contributed by atoms with Crippen molar-refractivity contribution in [1.82, 2.24) is 0 Å². The number of carbonyl (C=O) groups excluding carboxylic acids is 2. The molecule has 3 aromatic rings. The van der Waals surface area contributed by atoms with Crippen LogP contribution in [0.5, 0.6) is 11.5 Å². The Morgan fingerprint density at radius 3 is 1.86 bits per heavy atom. The molecule has 0 aromatic heterocycles. The van der Waals surface area contributed by atoms with Crippen molar-refractivity contribution in [2.75, 3.05) is 14.2 Å². The third kappa shape index (κ3) is 6.78. The lowest BCUT2D eigenvalue weighted by molar-refractivity contribution is -0.131. The van der Waals surface area contributed by atoms with Crippen molar-refractivity contribution in [3.8, 4) is 33.8 Å². The molecule has 0 unspecified atom stereocenters. The van der Waals surface area contributed by atoms with E-state index < -0.39 is 17.8 Å². The van der Waals surface area contributed by atoms with Gasteiger partial charge in [0, 0.05) is 36.5 Å². The molecule has 0 N–H and O–H groups in total. The molecule has 3 rings (SSSR count). The summed E-state index contributed by atoms with van der Waals surface area (Å²) in [6.45, 7) is 10.6. The van der Waals surface area contributed by atoms with Gasteiger partial charge in [-0.1, -0.05) is 37.4 Å². The van der Waals surface area contributed by atoms with Gasteiger partial charge < -0.3 is 18.9 Å². The molecule has 0 atom stereocenters. The summed E-state index contributed by atoms with van der Waals surface area (Å²) in [6.07, 6.45) is 0. The minimum absolute atomic E-state index is 0.154. The lowest BCUT2D eigenvalue weighted by atomic mass is 9.94. The van der Waals surface area contributed by atoms with Crippen LogP contribution < -0.4 is 9.47 Å². The first-order valence-corrected chi connectivity index (χ1v) is 11.4. The van der Waals surface area contributed by atoms with Gasteiger partial charge in [0.1, 0.15) is 17.3 Å². The van der Waals surface area contributed by atoms with E-state index in [1.807, 2.05) is 0 Å². The molecule has 0 heterocycles. The highest BCUT2D eigenvalue weighted by molar-refractivity contribution is 5.89. The first-order chi connectivity index (χ1) is 17.6. The van der Waals surface area contributed by atoms with Crippen LogP contribution in [0.15, 0.2) is 78.9 Å². The topological polar surface area (TPSA) is 71.1 Å². The van der Waals surface area contributed by atoms with Crippen LogP contribution in [-0.4, -0.2) is 26.2 Å². The second-order valence-electron chi connectivity index (χ2n) is 8.54. The zero-order chi connectivity index (χ0) is 27.1. The minimum Gasteiger partial charge on any atom is -0.423 e. The van der Waals surface area contributed by atoms with Crippen molar-refractivity contribution >= 4 is 11.9 Å². The fourth-order valence-corrected chi connectivity index (χ4v) is 3.57. The number of rotatable bonds is 10. The number of esters is 2. The van der Waals surface area contributed by atoms with Gasteiger partial charge in [0.25, 0.3) is 0 Å². The molecule has 0 bridgehead atoms. The predicted octanol–water partition coefficient (Wildman–Crippen LogP) is 6.42. The maximum atomic E-state index is 15.5. The standard InChI is InChI=1S/C30H29FO6/c1-18(2)29(32)36-24-10-7-20(8-11-24)21-9-12-25(27(31)14-21)26-13-23(17-35-6)28(15-22(26)16-34-5)37-30(33)19(3)4/h7-15H,1,3,16-17H2,2,4-6H3. The largest absolute Gasteiger partial charge is 0.423 e. The number of benzene rings is 3. The van der Waals surface area contributed by atoms with E-state index in [0.29, 0.717) is 44.9 Å². The van der Waals surface area contributed by atoms with Crippen LogP contribution in [0.25, 0.3) is 22.3 Å². The summed E-state index contributed by atoms with van der Waals surface area (Å²) >= 11 is 0. The van der Waals surface area contributed by atoms with Crippen molar-refractivity contribution in [2.24, 2.45) is 0 Å². The van der Waals surface area contributed by atoms with Crippen LogP contribution in [0.1, 0.15) is 25.0 Å². The number of carbonyl (C=O) groups is 2. The summed E-state index contributed by atoms with van der Waals surface area (Å²) in [5, 5.41) is 0. The fourth-order valence-electron chi connectivity index (χ4n) is 3.57. The van der Waals surface area contributed by atoms with Crippen molar-refractivity contribution in [1.29, 1.82) is 0 Å². The van der Waals surface area contributed by atoms with Crippen LogP contribution in [0.4, 0.5) is 4.39 Å². The molecule has 0 saturated carbocycles. The lowest BCUT2D eigenvalue weighted by Crippen LogP contribution is -2.11. The Morgan fingerprint density at radius 1 is 0.730 bits per heavy atom. The SMILES string of the molecule is C=C(C)C(=O)Oc1ccc(-c2ccc(-c3cc(COC)c(OC(=O)C(=C)C)cc3COC)c(F)c2)cc1. The zero-order valence-corrected chi connectivity index (χ0v) is 21.4. The molecule has 0 amide bonds. The molecule has 37 heavy (non-hydrogen) atoms. The molecule has 192 valence electrons. The monoisotopic (exact) mass is 504 g/mol. The fraction of sp³-hybridized carbons (Fsp3) is 0.200. The normalized spacial score (nSPS) is 10.6. The average Bonchev–Trinajstić information content (AvgIpc) is 2.86. The molecular weight excluding hydrogens is 475 g/mol. The number of hydrogen-bond donors (Lipinski definition) is 0. The van der Waals surface area contributed by atoms with E-state index in [9.17, 15) is 9.59 Å². The number of halogens is 1. The third-order valence-electron chi connectivity index (χ3n) is 5.44. The Bertz CT molecular complexity index is 1340. The highest BCUT2D eigenvalue weighted by atomic mass is 19.1. The van der Waals surface area contributed by atoms with E-state index in [1.165, 1.54) is 20.3 Å². The Morgan fingerprint density at radius 2 is 1.30 bits per heavy atom. The van der Waals surface area contributed by atoms with Gasteiger partial charge in [-0.2, -0.15) is 0 Å². The molecular formula is C30H29FO6. The van der Waals surface area contributed by atoms with E-state index in [4.69, 9.17) is 18.9 Å². The second kappa shape index (κ2) is 12.3. The Balaban J connectivity index is 1.98. The minimum atomic E-state index is -0.565. The summed E-state index contributed by atoms with van der Waals surface area (Å²) in [7, 11) is 3.05. The maximum Gasteiger partial charge on any atom is 0.338 e. The summed E-state index contributed by atoms with van der Waals surface area (Å²) < 4.78 is 36.8. The van der Waals surface area contributed by atoms with E-state index >= 15 is 4.39 Å². The molecule has 0 spiro atoms. The number of ether oxygens (including phenoxy) is 4. The Hall–Kier alpha value is -4.07. The molecule has 0 aliphatic carbocycles. The first kappa shape index (κ1) is 27.5. The first-order valence-electron chi connectivity index (χ1n) is 11.4. The van der Waals surface area contributed by atoms with Crippen LogP contribution in [0.2, 0.25) is 0 Å². The van der Waals surface area contributed by atoms with Gasteiger partial charge in [-0.25, -0.2) is 14.0 Å². The number of methoxy groups -OCH3 is 2. The van der Waals surface area contributed by atoms with Gasteiger partial charge in [-0.3, -0.25) is 0 Å². The van der Waals surface area contributed by atoms with Crippen LogP contribution >= 0.6 is 0 Å². The molecule has 0 aliphatic rings. The van der Waals surface area contributed by atoms with Crippen molar-refractivity contribution in [3.05, 3.63) is 95.8 Å². The van der Waals surface area contributed by atoms with Gasteiger partial charge in [-0.15, -0.1) is 0 Å². The lowest BCUT2D eigenvalue weighted by Gasteiger charge is -2.17. The van der Waals surface area contributed by atoms with Gasteiger partial charge in [0.15, 0.2) is 0 Å². The molecule has 7 heteroatoms. The average molecular weight is 505 g/mol. The highest BCUT2D eigenvalue weighted by Gasteiger charge is 2.18. The number of hydrogen-bond acceptors (Lipinski definition) is 6. The molecule has 3 aromatic carbocycles. The van der Waals surface area contributed by atoms with E-state index in [0.717, 1.165) is 5.56 Å². The van der Waals surface area contributed by atoms with E-state index in [2.05, 4.69) is 13.2 Å². The van der Waals surface area contributed by atoms with Gasteiger partial charge >= 0.3 is 11.9 Å². The summed E-state index contributed by atoms with van der Waals surface area (Å²) in [4.78, 5) is 23.9. The maximum absolute atomic E-state index is 15.5. The Kier molecular flexibility index (Phi) is 9.11. The highest BCUT2D eigenvalue weighted by Crippen LogP contribution is 2.35. The Labute approximate surface area is 215 Å². The van der Waals surface area contributed by atoms with Gasteiger partial charge in [-0.05, 0) is 66.4 Å². The van der Waals surface area contributed by atoms with E-state index in [-0.39, 0.29) is 18.8 Å². The summed E-state index contributed by atoms with van der Waals surface area (Å²) in [6, 6.07) is 15.1. The van der Waals surface area contributed by atoms with Crippen molar-refractivity contribution < 1.29 is 32.9 Å². The predicted molar refractivity (Wildman–Crippen MR) is 140 cm³/mol. The van der Waals surface area contributed by atoms with Gasteiger partial charge in [0.05, 0.1) is 13.2 Å². The van der Waals surface area contributed by atoms with Crippen molar-refractivity contribution in [2.45, 2.75) is 27.1 Å². The molecule has 0 radical (unpaired) electrons. The second-order valence-corrected chi connectivity index (χ2v) is 8.54. The summed E-state index contributed by atoms with van der Waals surface area (Å²) in [5.41, 5.74) is 4.12. The van der Waals surface area contributed by atoms with Crippen molar-refractivity contribution in [3.63, 3.8) is 0 Å². The van der Waals surface area contributed by atoms with Crippen LogP contribution in [0.3, 0.4) is 0 Å². The van der Waals surface area contributed by atoms with Gasteiger partial charge in [0.2, 0.25) is 0 Å².